The van der Waals surface area contributed by atoms with Gasteiger partial charge in [0.2, 0.25) is 0 Å². The maximum absolute atomic E-state index is 12.1. The second kappa shape index (κ2) is 2.21. The molecule has 0 aromatic rings. The Morgan fingerprint density at radius 1 is 1.67 bits per heavy atom. The van der Waals surface area contributed by atoms with Crippen LogP contribution >= 0.6 is 0 Å². The standard InChI is InChI=1S/C6H11F2N/c1-9-3-2-5-4-6(5,7)8/h5,9H,2-4H2,1H3. The van der Waals surface area contributed by atoms with Crippen LogP contribution in [0, 0.1) is 5.92 Å². The molecule has 0 saturated heterocycles. The summed E-state index contributed by atoms with van der Waals surface area (Å²) in [7, 11) is 1.78. The van der Waals surface area contributed by atoms with Crippen molar-refractivity contribution in [3.05, 3.63) is 0 Å². The summed E-state index contributed by atoms with van der Waals surface area (Å²) in [5, 5.41) is 2.84. The van der Waals surface area contributed by atoms with Crippen molar-refractivity contribution in [2.75, 3.05) is 13.6 Å². The molecule has 0 radical (unpaired) electrons. The maximum Gasteiger partial charge on any atom is 0.251 e. The summed E-state index contributed by atoms with van der Waals surface area (Å²) in [6.45, 7) is 0.709. The summed E-state index contributed by atoms with van der Waals surface area (Å²) in [6, 6.07) is 0. The first-order valence-corrected chi connectivity index (χ1v) is 3.19. The molecule has 0 aromatic carbocycles. The second-order valence-corrected chi connectivity index (χ2v) is 2.55. The number of nitrogens with one attached hydrogen (secondary N) is 1. The highest BCUT2D eigenvalue weighted by molar-refractivity contribution is 4.94. The van der Waals surface area contributed by atoms with E-state index in [0.717, 1.165) is 0 Å². The fourth-order valence-corrected chi connectivity index (χ4v) is 0.901. The molecule has 0 spiro atoms. The van der Waals surface area contributed by atoms with Gasteiger partial charge in [0.05, 0.1) is 0 Å². The molecule has 0 amide bonds. The van der Waals surface area contributed by atoms with E-state index < -0.39 is 5.92 Å². The molecule has 3 heteroatoms. The van der Waals surface area contributed by atoms with Crippen molar-refractivity contribution in [1.29, 1.82) is 0 Å². The summed E-state index contributed by atoms with van der Waals surface area (Å²) in [4.78, 5) is 0. The molecule has 0 aromatic heterocycles. The average Bonchev–Trinajstić information content (AvgIpc) is 2.35. The quantitative estimate of drug-likeness (QED) is 0.614. The van der Waals surface area contributed by atoms with Gasteiger partial charge < -0.3 is 5.32 Å². The topological polar surface area (TPSA) is 12.0 Å². The van der Waals surface area contributed by atoms with Crippen LogP contribution in [-0.4, -0.2) is 19.5 Å². The largest absolute Gasteiger partial charge is 0.320 e. The molecule has 9 heavy (non-hydrogen) atoms. The molecule has 1 fully saturated rings. The lowest BCUT2D eigenvalue weighted by Gasteiger charge is -1.95. The third-order valence-corrected chi connectivity index (χ3v) is 1.70. The summed E-state index contributed by atoms with van der Waals surface area (Å²) in [6.07, 6.45) is 0.720. The van der Waals surface area contributed by atoms with Crippen LogP contribution in [0.1, 0.15) is 12.8 Å². The van der Waals surface area contributed by atoms with Crippen LogP contribution in [0.2, 0.25) is 0 Å². The van der Waals surface area contributed by atoms with Gasteiger partial charge in [-0.25, -0.2) is 8.78 Å². The van der Waals surface area contributed by atoms with E-state index in [9.17, 15) is 8.78 Å². The van der Waals surface area contributed by atoms with Gasteiger partial charge in [-0.3, -0.25) is 0 Å². The highest BCUT2D eigenvalue weighted by Crippen LogP contribution is 2.50. The third kappa shape index (κ3) is 1.61. The molecule has 54 valence electrons. The van der Waals surface area contributed by atoms with Crippen LogP contribution in [0.25, 0.3) is 0 Å². The maximum atomic E-state index is 12.1. The molecule has 1 unspecified atom stereocenters. The van der Waals surface area contributed by atoms with Gasteiger partial charge in [0, 0.05) is 12.3 Å². The van der Waals surface area contributed by atoms with E-state index in [1.54, 1.807) is 7.05 Å². The van der Waals surface area contributed by atoms with Crippen LogP contribution in [0.15, 0.2) is 0 Å². The number of hydrogen-bond acceptors (Lipinski definition) is 1. The minimum absolute atomic E-state index is 0.106. The van der Waals surface area contributed by atoms with Crippen molar-refractivity contribution in [2.24, 2.45) is 5.92 Å². The Kier molecular flexibility index (Phi) is 1.70. The number of halogens is 2. The molecule has 0 bridgehead atoms. The van der Waals surface area contributed by atoms with Gasteiger partial charge in [0.25, 0.3) is 5.92 Å². The van der Waals surface area contributed by atoms with Gasteiger partial charge in [-0.15, -0.1) is 0 Å². The summed E-state index contributed by atoms with van der Waals surface area (Å²) in [5.41, 5.74) is 0. The van der Waals surface area contributed by atoms with E-state index in [1.807, 2.05) is 0 Å². The van der Waals surface area contributed by atoms with Crippen LogP contribution < -0.4 is 5.32 Å². The van der Waals surface area contributed by atoms with Crippen LogP contribution in [0.5, 0.6) is 0 Å². The molecule has 0 aliphatic heterocycles. The SMILES string of the molecule is CNCCC1CC1(F)F. The zero-order valence-electron chi connectivity index (χ0n) is 5.45. The molecule has 1 aliphatic rings. The fraction of sp³-hybridized carbons (Fsp3) is 1.00. The molecular formula is C6H11F2N. The van der Waals surface area contributed by atoms with Gasteiger partial charge in [0.15, 0.2) is 0 Å². The highest BCUT2D eigenvalue weighted by atomic mass is 19.3. The second-order valence-electron chi connectivity index (χ2n) is 2.55. The zero-order chi connectivity index (χ0) is 6.91. The van der Waals surface area contributed by atoms with Crippen LogP contribution in [0.4, 0.5) is 8.78 Å². The van der Waals surface area contributed by atoms with E-state index in [2.05, 4.69) is 5.32 Å². The molecule has 1 rings (SSSR count). The molecule has 1 nitrogen and oxygen atoms in total. The Balaban J connectivity index is 2.06. The monoisotopic (exact) mass is 135 g/mol. The lowest BCUT2D eigenvalue weighted by Crippen LogP contribution is -2.09. The molecular weight excluding hydrogens is 124 g/mol. The number of alkyl halides is 2. The Morgan fingerprint density at radius 3 is 2.56 bits per heavy atom. The van der Waals surface area contributed by atoms with Gasteiger partial charge in [0.1, 0.15) is 0 Å². The van der Waals surface area contributed by atoms with E-state index in [-0.39, 0.29) is 12.3 Å². The summed E-state index contributed by atoms with van der Waals surface area (Å²) in [5.74, 6) is -2.65. The van der Waals surface area contributed by atoms with E-state index in [0.29, 0.717) is 13.0 Å². The zero-order valence-corrected chi connectivity index (χ0v) is 5.45. The molecule has 1 aliphatic carbocycles. The van der Waals surface area contributed by atoms with Gasteiger partial charge >= 0.3 is 0 Å². The van der Waals surface area contributed by atoms with Crippen molar-refractivity contribution in [3.63, 3.8) is 0 Å². The van der Waals surface area contributed by atoms with Crippen molar-refractivity contribution in [1.82, 2.24) is 5.32 Å². The lowest BCUT2D eigenvalue weighted by molar-refractivity contribution is 0.0972. The Bertz CT molecular complexity index is 103. The molecule has 1 atom stereocenters. The Labute approximate surface area is 53.4 Å². The van der Waals surface area contributed by atoms with Crippen molar-refractivity contribution in [3.8, 4) is 0 Å². The molecule has 1 saturated carbocycles. The molecule has 1 N–H and O–H groups in total. The van der Waals surface area contributed by atoms with E-state index in [4.69, 9.17) is 0 Å². The first-order valence-electron chi connectivity index (χ1n) is 3.19. The van der Waals surface area contributed by atoms with Gasteiger partial charge in [-0.05, 0) is 20.0 Å². The van der Waals surface area contributed by atoms with E-state index >= 15 is 0 Å². The van der Waals surface area contributed by atoms with Gasteiger partial charge in [-0.1, -0.05) is 0 Å². The Hall–Kier alpha value is -0.180. The predicted octanol–water partition coefficient (Wildman–Crippen LogP) is 1.25. The van der Waals surface area contributed by atoms with Crippen molar-refractivity contribution < 1.29 is 8.78 Å². The van der Waals surface area contributed by atoms with Crippen molar-refractivity contribution >= 4 is 0 Å². The minimum atomic E-state index is -2.32. The number of hydrogen-bond donors (Lipinski definition) is 1. The predicted molar refractivity (Wildman–Crippen MR) is 31.6 cm³/mol. The first kappa shape index (κ1) is 6.93. The van der Waals surface area contributed by atoms with Gasteiger partial charge in [-0.2, -0.15) is 0 Å². The fourth-order valence-electron chi connectivity index (χ4n) is 0.901. The lowest BCUT2D eigenvalue weighted by atomic mass is 10.3. The highest BCUT2D eigenvalue weighted by Gasteiger charge is 2.55. The normalized spacial score (nSPS) is 30.3. The van der Waals surface area contributed by atoms with Crippen LogP contribution in [-0.2, 0) is 0 Å². The van der Waals surface area contributed by atoms with Crippen LogP contribution in [0.3, 0.4) is 0 Å². The third-order valence-electron chi connectivity index (χ3n) is 1.70. The first-order chi connectivity index (χ1) is 4.17. The summed E-state index contributed by atoms with van der Waals surface area (Å²) >= 11 is 0. The Morgan fingerprint density at radius 2 is 2.22 bits per heavy atom. The van der Waals surface area contributed by atoms with E-state index in [1.165, 1.54) is 0 Å². The average molecular weight is 135 g/mol. The summed E-state index contributed by atoms with van der Waals surface area (Å²) < 4.78 is 24.2. The minimum Gasteiger partial charge on any atom is -0.320 e. The van der Waals surface area contributed by atoms with Crippen molar-refractivity contribution in [2.45, 2.75) is 18.8 Å². The molecule has 0 heterocycles. The smallest absolute Gasteiger partial charge is 0.251 e. The number of rotatable bonds is 3.